The van der Waals surface area contributed by atoms with Crippen LogP contribution in [0.15, 0.2) is 12.3 Å². The normalized spacial score (nSPS) is 11.2. The monoisotopic (exact) mass is 275 g/mol. The van der Waals surface area contributed by atoms with Crippen molar-refractivity contribution in [3.8, 4) is 6.07 Å². The van der Waals surface area contributed by atoms with Crippen LogP contribution in [0.5, 0.6) is 0 Å². The van der Waals surface area contributed by atoms with E-state index >= 15 is 0 Å². The average molecular weight is 275 g/mol. The maximum Gasteiger partial charge on any atom is 0.417 e. The largest absolute Gasteiger partial charge is 0.417 e. The van der Waals surface area contributed by atoms with E-state index in [1.165, 1.54) is 4.90 Å². The zero-order valence-electron chi connectivity index (χ0n) is 9.85. The second-order valence-corrected chi connectivity index (χ2v) is 3.64. The second kappa shape index (κ2) is 6.36. The third kappa shape index (κ3) is 3.81. The lowest BCUT2D eigenvalue weighted by Gasteiger charge is -2.24. The first kappa shape index (κ1) is 15.2. The van der Waals surface area contributed by atoms with Crippen LogP contribution in [0, 0.1) is 11.3 Å². The molecule has 0 atom stereocenters. The minimum absolute atomic E-state index is 0.00176. The van der Waals surface area contributed by atoms with Gasteiger partial charge in [0.25, 0.3) is 0 Å². The Morgan fingerprint density at radius 3 is 2.26 bits per heavy atom. The Morgan fingerprint density at radius 1 is 1.26 bits per heavy atom. The molecule has 19 heavy (non-hydrogen) atoms. The van der Waals surface area contributed by atoms with Crippen LogP contribution in [0.25, 0.3) is 0 Å². The summed E-state index contributed by atoms with van der Waals surface area (Å²) < 4.78 is 37.8. The van der Waals surface area contributed by atoms with E-state index in [-0.39, 0.29) is 37.7 Å². The molecule has 0 saturated carbocycles. The smallest absolute Gasteiger partial charge is 0.395 e. The topological polar surface area (TPSA) is 80.4 Å². The number of halogens is 3. The van der Waals surface area contributed by atoms with Gasteiger partial charge in [-0.05, 0) is 6.07 Å². The number of alkyl halides is 3. The lowest BCUT2D eigenvalue weighted by molar-refractivity contribution is -0.137. The van der Waals surface area contributed by atoms with Gasteiger partial charge in [-0.1, -0.05) is 0 Å². The van der Waals surface area contributed by atoms with Gasteiger partial charge in [-0.15, -0.1) is 0 Å². The van der Waals surface area contributed by atoms with E-state index in [1.807, 2.05) is 0 Å². The molecule has 0 aliphatic rings. The average Bonchev–Trinajstić information content (AvgIpc) is 2.36. The van der Waals surface area contributed by atoms with Gasteiger partial charge < -0.3 is 15.1 Å². The third-order valence-corrected chi connectivity index (χ3v) is 2.38. The number of aromatic nitrogens is 1. The molecule has 0 spiro atoms. The SMILES string of the molecule is N#Cc1ncc(C(F)(F)F)cc1N(CCO)CCO. The molecule has 1 heterocycles. The van der Waals surface area contributed by atoms with Crippen molar-refractivity contribution in [1.29, 1.82) is 5.26 Å². The van der Waals surface area contributed by atoms with Crippen LogP contribution < -0.4 is 4.90 Å². The van der Waals surface area contributed by atoms with Crippen LogP contribution in [-0.2, 0) is 6.18 Å². The number of nitriles is 1. The van der Waals surface area contributed by atoms with Gasteiger partial charge in [-0.2, -0.15) is 18.4 Å². The second-order valence-electron chi connectivity index (χ2n) is 3.64. The van der Waals surface area contributed by atoms with Crippen LogP contribution in [-0.4, -0.2) is 41.5 Å². The molecular formula is C11H12F3N3O2. The fourth-order valence-electron chi connectivity index (χ4n) is 1.53. The zero-order valence-corrected chi connectivity index (χ0v) is 9.85. The van der Waals surface area contributed by atoms with Crippen LogP contribution in [0.4, 0.5) is 18.9 Å². The molecule has 0 saturated heterocycles. The van der Waals surface area contributed by atoms with Gasteiger partial charge in [0.1, 0.15) is 6.07 Å². The highest BCUT2D eigenvalue weighted by molar-refractivity contribution is 5.57. The van der Waals surface area contributed by atoms with Crippen molar-refractivity contribution in [1.82, 2.24) is 4.98 Å². The van der Waals surface area contributed by atoms with Crippen molar-refractivity contribution in [2.75, 3.05) is 31.2 Å². The first-order valence-electron chi connectivity index (χ1n) is 5.38. The van der Waals surface area contributed by atoms with E-state index in [9.17, 15) is 13.2 Å². The Labute approximate surface area is 107 Å². The number of anilines is 1. The van der Waals surface area contributed by atoms with E-state index in [2.05, 4.69) is 4.98 Å². The molecule has 0 unspecified atom stereocenters. The number of hydrogen-bond donors (Lipinski definition) is 2. The molecule has 1 aromatic rings. The predicted molar refractivity (Wildman–Crippen MR) is 60.3 cm³/mol. The minimum Gasteiger partial charge on any atom is -0.395 e. The molecular weight excluding hydrogens is 263 g/mol. The van der Waals surface area contributed by atoms with Gasteiger partial charge in [0.05, 0.1) is 24.5 Å². The molecule has 104 valence electrons. The molecule has 8 heteroatoms. The summed E-state index contributed by atoms with van der Waals surface area (Å²) in [5.74, 6) is 0. The van der Waals surface area contributed by atoms with Crippen LogP contribution in [0.1, 0.15) is 11.3 Å². The number of pyridine rings is 1. The van der Waals surface area contributed by atoms with Crippen LogP contribution >= 0.6 is 0 Å². The Bertz CT molecular complexity index is 465. The molecule has 0 fully saturated rings. The number of rotatable bonds is 5. The Hall–Kier alpha value is -1.85. The van der Waals surface area contributed by atoms with Crippen molar-refractivity contribution < 1.29 is 23.4 Å². The van der Waals surface area contributed by atoms with E-state index in [4.69, 9.17) is 15.5 Å². The molecule has 5 nitrogen and oxygen atoms in total. The predicted octanol–water partition coefficient (Wildman–Crippen LogP) is 0.763. The zero-order chi connectivity index (χ0) is 14.5. The summed E-state index contributed by atoms with van der Waals surface area (Å²) in [5.41, 5.74) is -1.22. The van der Waals surface area contributed by atoms with Crippen molar-refractivity contribution in [3.05, 3.63) is 23.5 Å². The van der Waals surface area contributed by atoms with Gasteiger partial charge in [-0.25, -0.2) is 4.98 Å². The summed E-state index contributed by atoms with van der Waals surface area (Å²) in [5, 5.41) is 26.6. The molecule has 0 aromatic carbocycles. The number of nitrogens with zero attached hydrogens (tertiary/aromatic N) is 3. The molecule has 2 N–H and O–H groups in total. The van der Waals surface area contributed by atoms with Gasteiger partial charge in [-0.3, -0.25) is 0 Å². The maximum absolute atomic E-state index is 12.6. The molecule has 1 rings (SSSR count). The quantitative estimate of drug-likeness (QED) is 0.829. The molecule has 0 amide bonds. The highest BCUT2D eigenvalue weighted by Crippen LogP contribution is 2.32. The molecule has 0 radical (unpaired) electrons. The summed E-state index contributed by atoms with van der Waals surface area (Å²) in [7, 11) is 0. The standard InChI is InChI=1S/C11H12F3N3O2/c12-11(13,14)8-5-10(9(6-15)16-7-8)17(1-3-18)2-4-19/h5,7,18-19H,1-4H2. The molecule has 0 bridgehead atoms. The summed E-state index contributed by atoms with van der Waals surface area (Å²) in [4.78, 5) is 4.74. The van der Waals surface area contributed by atoms with Crippen molar-refractivity contribution in [2.24, 2.45) is 0 Å². The Kier molecular flexibility index (Phi) is 5.09. The van der Waals surface area contributed by atoms with Crippen molar-refractivity contribution >= 4 is 5.69 Å². The van der Waals surface area contributed by atoms with Crippen molar-refractivity contribution in [2.45, 2.75) is 6.18 Å². The van der Waals surface area contributed by atoms with Gasteiger partial charge >= 0.3 is 6.18 Å². The van der Waals surface area contributed by atoms with E-state index in [0.717, 1.165) is 6.07 Å². The lowest BCUT2D eigenvalue weighted by atomic mass is 10.2. The summed E-state index contributed by atoms with van der Waals surface area (Å²) >= 11 is 0. The van der Waals surface area contributed by atoms with E-state index in [0.29, 0.717) is 6.20 Å². The lowest BCUT2D eigenvalue weighted by Crippen LogP contribution is -2.31. The van der Waals surface area contributed by atoms with E-state index < -0.39 is 11.7 Å². The summed E-state index contributed by atoms with van der Waals surface area (Å²) in [6.45, 7) is -0.640. The number of aliphatic hydroxyl groups is 2. The minimum atomic E-state index is -4.57. The van der Waals surface area contributed by atoms with Gasteiger partial charge in [0, 0.05) is 19.3 Å². The molecule has 0 aliphatic carbocycles. The van der Waals surface area contributed by atoms with Gasteiger partial charge in [0.2, 0.25) is 0 Å². The van der Waals surface area contributed by atoms with Crippen molar-refractivity contribution in [3.63, 3.8) is 0 Å². The molecule has 1 aromatic heterocycles. The Morgan fingerprint density at radius 2 is 1.84 bits per heavy atom. The Balaban J connectivity index is 3.24. The summed E-state index contributed by atoms with van der Waals surface area (Å²) in [6, 6.07) is 2.48. The van der Waals surface area contributed by atoms with E-state index in [1.54, 1.807) is 6.07 Å². The number of hydrogen-bond acceptors (Lipinski definition) is 5. The maximum atomic E-state index is 12.6. The number of aliphatic hydroxyl groups excluding tert-OH is 2. The third-order valence-electron chi connectivity index (χ3n) is 2.38. The molecule has 0 aliphatic heterocycles. The van der Waals surface area contributed by atoms with Crippen LogP contribution in [0.2, 0.25) is 0 Å². The highest BCUT2D eigenvalue weighted by Gasteiger charge is 2.32. The fourth-order valence-corrected chi connectivity index (χ4v) is 1.53. The van der Waals surface area contributed by atoms with Gasteiger partial charge in [0.15, 0.2) is 5.69 Å². The van der Waals surface area contributed by atoms with Crippen LogP contribution in [0.3, 0.4) is 0 Å². The first-order valence-corrected chi connectivity index (χ1v) is 5.38. The first-order chi connectivity index (χ1) is 8.93. The highest BCUT2D eigenvalue weighted by atomic mass is 19.4. The summed E-state index contributed by atoms with van der Waals surface area (Å²) in [6.07, 6.45) is -3.99. The fraction of sp³-hybridized carbons (Fsp3) is 0.455.